The van der Waals surface area contributed by atoms with E-state index >= 15 is 5.11 Å². The number of hydrogen-bond donors (Lipinski definition) is 0. The predicted octanol–water partition coefficient (Wildman–Crippen LogP) is 14.1. The van der Waals surface area contributed by atoms with E-state index in [-0.39, 0.29) is 28.8 Å². The van der Waals surface area contributed by atoms with Crippen molar-refractivity contribution in [2.24, 2.45) is 0 Å². The van der Waals surface area contributed by atoms with Gasteiger partial charge in [-0.15, -0.1) is 0 Å². The first-order valence-electron chi connectivity index (χ1n) is 23.9. The van der Waals surface area contributed by atoms with Crippen LogP contribution in [0.4, 0.5) is 0 Å². The van der Waals surface area contributed by atoms with Crippen LogP contribution < -0.4 is 5.11 Å². The van der Waals surface area contributed by atoms with E-state index in [1.165, 1.54) is 80.8 Å². The van der Waals surface area contributed by atoms with E-state index in [9.17, 15) is 0 Å². The van der Waals surface area contributed by atoms with Crippen LogP contribution >= 0.6 is 0 Å². The molecule has 1 aliphatic rings. The number of likely N-dealkylation sites (tertiary alicyclic amines) is 1. The first-order chi connectivity index (χ1) is 30.3. The quantitative estimate of drug-likeness (QED) is 0.0462. The Morgan fingerprint density at radius 1 is 0.641 bits per heavy atom. The largest absolute Gasteiger partial charge is 2.00 e. The topological polar surface area (TPSA) is 43.6 Å². The molecule has 1 heterocycles. The molecule has 0 N–H and O–H groups in total. The Labute approximate surface area is 406 Å². The van der Waals surface area contributed by atoms with E-state index in [1.807, 2.05) is 0 Å². The molecule has 1 fully saturated rings. The Kier molecular flexibility index (Phi) is 19.5. The molecular formula is C57H75MgN3OSi2. The summed E-state index contributed by atoms with van der Waals surface area (Å²) in [5, 5.41) is 18.0. The molecule has 1 aliphatic heterocycles. The van der Waals surface area contributed by atoms with E-state index in [2.05, 4.69) is 209 Å². The second kappa shape index (κ2) is 24.3. The summed E-state index contributed by atoms with van der Waals surface area (Å²) in [6, 6.07) is 52.1. The average molecular weight is 899 g/mol. The third-order valence-electron chi connectivity index (χ3n) is 12.4. The SMILES string of the molecule is CCCCCCCCN1CCC[C@H]1CN(Cc1cc(C)cc(C(c2ccccc2)(c2ccccc2)c2ccccc2)c1[O-])Cc1cccc2ccccc12.C[Si](C)(C)[N-][Si](C)(C)C.[Mg+2]. The van der Waals surface area contributed by atoms with E-state index in [0.717, 1.165) is 46.5 Å². The minimum absolute atomic E-state index is 0. The molecule has 4 nitrogen and oxygen atoms in total. The normalized spacial score (nSPS) is 14.6. The predicted molar refractivity (Wildman–Crippen MR) is 281 cm³/mol. The second-order valence-corrected chi connectivity index (χ2v) is 29.6. The fraction of sp³-hybridized carbons (Fsp3) is 0.404. The Morgan fingerprint density at radius 2 is 1.16 bits per heavy atom. The molecule has 0 aliphatic carbocycles. The van der Waals surface area contributed by atoms with Gasteiger partial charge in [0.05, 0.1) is 5.41 Å². The van der Waals surface area contributed by atoms with Gasteiger partial charge in [0.2, 0.25) is 0 Å². The molecule has 6 aromatic rings. The van der Waals surface area contributed by atoms with E-state index in [0.29, 0.717) is 12.6 Å². The molecule has 7 rings (SSSR count). The number of benzene rings is 6. The third-order valence-corrected chi connectivity index (χ3v) is 17.8. The van der Waals surface area contributed by atoms with Crippen LogP contribution in [-0.4, -0.2) is 75.0 Å². The van der Waals surface area contributed by atoms with Gasteiger partial charge in [-0.25, -0.2) is 0 Å². The minimum Gasteiger partial charge on any atom is -0.872 e. The summed E-state index contributed by atoms with van der Waals surface area (Å²) in [4.78, 5) is 5.34. The fourth-order valence-electron chi connectivity index (χ4n) is 10.2. The van der Waals surface area contributed by atoms with Gasteiger partial charge in [-0.3, -0.25) is 9.80 Å². The number of aryl methyl sites for hydroxylation is 1. The Hall–Kier alpha value is -3.54. The third kappa shape index (κ3) is 14.0. The van der Waals surface area contributed by atoms with E-state index < -0.39 is 21.9 Å². The smallest absolute Gasteiger partial charge is 0.872 e. The molecule has 64 heavy (non-hydrogen) atoms. The van der Waals surface area contributed by atoms with Crippen molar-refractivity contribution < 1.29 is 5.11 Å². The van der Waals surface area contributed by atoms with Crippen molar-refractivity contribution in [3.05, 3.63) is 189 Å². The maximum atomic E-state index is 15.4. The molecule has 0 bridgehead atoms. The first kappa shape index (κ1) is 51.4. The van der Waals surface area contributed by atoms with Crippen molar-refractivity contribution in [1.82, 2.24) is 9.80 Å². The van der Waals surface area contributed by atoms with Crippen molar-refractivity contribution in [3.8, 4) is 5.75 Å². The molecule has 334 valence electrons. The maximum absolute atomic E-state index is 15.4. The van der Waals surface area contributed by atoms with Crippen molar-refractivity contribution in [2.45, 2.75) is 129 Å². The Bertz CT molecular complexity index is 2180. The van der Waals surface area contributed by atoms with Crippen molar-refractivity contribution in [1.29, 1.82) is 0 Å². The van der Waals surface area contributed by atoms with E-state index in [1.54, 1.807) is 0 Å². The standard InChI is InChI=1S/C51H58N2O.C6H18NSi2.Mg/c1-3-4-5-6-7-19-33-53-34-21-31-47(53)39-52(37-42-24-20-23-41-22-17-18-32-48(41)42)38-43-35-40(2)36-49(50(43)54)51(44-25-11-8-12-26-44,45-27-13-9-14-28-45)46-29-15-10-16-30-46;1-8(2,3)7-9(4,5)6;/h8-18,20,22-30,32,35-36,47,54H,3-7,19,21,31,33-34,37-39H2,1-2H3;1-6H3;/q;-1;+2/p-1/t47-;;/m0../s1. The zero-order valence-corrected chi connectivity index (χ0v) is 44.0. The number of hydrogen-bond acceptors (Lipinski definition) is 3. The summed E-state index contributed by atoms with van der Waals surface area (Å²) in [5.74, 6) is 0.135. The Balaban J connectivity index is 0.000000696. The fourth-order valence-corrected chi connectivity index (χ4v) is 18.2. The van der Waals surface area contributed by atoms with Gasteiger partial charge >= 0.3 is 23.1 Å². The van der Waals surface area contributed by atoms with Crippen LogP contribution in [0.15, 0.2) is 146 Å². The summed E-state index contributed by atoms with van der Waals surface area (Å²) < 4.78 is 4.82. The van der Waals surface area contributed by atoms with Crippen molar-refractivity contribution >= 4 is 50.3 Å². The monoisotopic (exact) mass is 898 g/mol. The second-order valence-electron chi connectivity index (χ2n) is 20.0. The Morgan fingerprint density at radius 3 is 1.72 bits per heavy atom. The van der Waals surface area contributed by atoms with Crippen LogP contribution in [0.5, 0.6) is 5.75 Å². The van der Waals surface area contributed by atoms with Crippen LogP contribution in [0.3, 0.4) is 0 Å². The zero-order chi connectivity index (χ0) is 44.9. The molecule has 7 heteroatoms. The van der Waals surface area contributed by atoms with Gasteiger partial charge in [-0.1, -0.05) is 252 Å². The molecule has 0 saturated carbocycles. The molecule has 0 amide bonds. The zero-order valence-electron chi connectivity index (χ0n) is 40.6. The van der Waals surface area contributed by atoms with Crippen LogP contribution in [0.25, 0.3) is 15.4 Å². The molecule has 0 unspecified atom stereocenters. The molecule has 0 spiro atoms. The summed E-state index contributed by atoms with van der Waals surface area (Å²) in [6.07, 6.45) is 10.4. The number of unbranched alkanes of at least 4 members (excludes halogenated alkanes) is 5. The number of rotatable bonds is 19. The molecule has 1 atom stereocenters. The van der Waals surface area contributed by atoms with Gasteiger partial charge in [0.15, 0.2) is 0 Å². The van der Waals surface area contributed by atoms with Crippen molar-refractivity contribution in [2.75, 3.05) is 19.6 Å². The molecule has 1 saturated heterocycles. The maximum Gasteiger partial charge on any atom is 2.00 e. The van der Waals surface area contributed by atoms with Gasteiger partial charge in [0, 0.05) is 25.7 Å². The summed E-state index contributed by atoms with van der Waals surface area (Å²) in [6.45, 7) is 22.9. The van der Waals surface area contributed by atoms with Crippen LogP contribution in [0.1, 0.15) is 97.2 Å². The number of nitrogens with zero attached hydrogens (tertiary/aromatic N) is 3. The molecule has 6 aromatic carbocycles. The van der Waals surface area contributed by atoms with Crippen LogP contribution in [-0.2, 0) is 18.5 Å². The van der Waals surface area contributed by atoms with Gasteiger partial charge < -0.3 is 9.75 Å². The van der Waals surface area contributed by atoms with Gasteiger partial charge in [0.1, 0.15) is 0 Å². The van der Waals surface area contributed by atoms with Crippen molar-refractivity contribution in [3.63, 3.8) is 0 Å². The van der Waals surface area contributed by atoms with Gasteiger partial charge in [-0.2, -0.15) is 0 Å². The average Bonchev–Trinajstić information content (AvgIpc) is 3.70. The number of fused-ring (bicyclic) bond motifs is 1. The minimum atomic E-state index is -1.11. The van der Waals surface area contributed by atoms with Crippen LogP contribution in [0.2, 0.25) is 39.3 Å². The molecule has 0 aromatic heterocycles. The summed E-state index contributed by atoms with van der Waals surface area (Å²) in [5.41, 5.74) is 6.64. The van der Waals surface area contributed by atoms with Gasteiger partial charge in [0.25, 0.3) is 0 Å². The molecule has 0 radical (unpaired) electrons. The van der Waals surface area contributed by atoms with E-state index in [4.69, 9.17) is 4.65 Å². The molecular weight excluding hydrogens is 823 g/mol. The van der Waals surface area contributed by atoms with Crippen LogP contribution in [0, 0.1) is 6.92 Å². The summed E-state index contributed by atoms with van der Waals surface area (Å²) >= 11 is 0. The summed E-state index contributed by atoms with van der Waals surface area (Å²) in [7, 11) is -2.21. The van der Waals surface area contributed by atoms with Gasteiger partial charge in [-0.05, 0) is 83.4 Å². The first-order valence-corrected chi connectivity index (χ1v) is 30.8.